The summed E-state index contributed by atoms with van der Waals surface area (Å²) in [6.07, 6.45) is 1.18. The van der Waals surface area contributed by atoms with E-state index in [1.807, 2.05) is 45.9 Å². The fourth-order valence-corrected chi connectivity index (χ4v) is 3.56. The van der Waals surface area contributed by atoms with Crippen molar-refractivity contribution in [3.05, 3.63) is 29.8 Å². The van der Waals surface area contributed by atoms with Crippen molar-refractivity contribution in [3.63, 3.8) is 0 Å². The third kappa shape index (κ3) is 1.56. The maximum atomic E-state index is 12.8. The Morgan fingerprint density at radius 3 is 2.38 bits per heavy atom. The Kier molecular flexibility index (Phi) is 2.75. The number of para-hydroxylation sites is 1. The van der Waals surface area contributed by atoms with Crippen LogP contribution >= 0.6 is 0 Å². The summed E-state index contributed by atoms with van der Waals surface area (Å²) in [5.41, 5.74) is -1.47. The van der Waals surface area contributed by atoms with Gasteiger partial charge >= 0.3 is 11.9 Å². The molecule has 4 heteroatoms. The molecule has 0 spiro atoms. The first-order chi connectivity index (χ1) is 9.74. The van der Waals surface area contributed by atoms with E-state index in [0.29, 0.717) is 18.6 Å². The van der Waals surface area contributed by atoms with Crippen LogP contribution in [0.5, 0.6) is 5.75 Å². The highest BCUT2D eigenvalue weighted by Crippen LogP contribution is 2.65. The topological polar surface area (TPSA) is 52.6 Å². The molecule has 1 saturated heterocycles. The Morgan fingerprint density at radius 1 is 1.19 bits per heavy atom. The number of esters is 2. The lowest BCUT2D eigenvalue weighted by Crippen LogP contribution is -2.50. The number of carbonyl (C=O) groups is 2. The summed E-state index contributed by atoms with van der Waals surface area (Å²) in [5.74, 6) is -0.235. The van der Waals surface area contributed by atoms with Crippen LogP contribution in [0.2, 0.25) is 0 Å². The predicted octanol–water partition coefficient (Wildman–Crippen LogP) is 3.02. The zero-order valence-corrected chi connectivity index (χ0v) is 12.9. The van der Waals surface area contributed by atoms with Gasteiger partial charge in [0.25, 0.3) is 0 Å². The van der Waals surface area contributed by atoms with Crippen LogP contribution < -0.4 is 4.74 Å². The van der Waals surface area contributed by atoms with Gasteiger partial charge in [0, 0.05) is 5.41 Å². The molecule has 0 N–H and O–H groups in total. The highest BCUT2D eigenvalue weighted by Gasteiger charge is 2.76. The third-order valence-corrected chi connectivity index (χ3v) is 5.71. The fourth-order valence-electron chi connectivity index (χ4n) is 3.56. The van der Waals surface area contributed by atoms with Crippen LogP contribution in [0.3, 0.4) is 0 Å². The monoisotopic (exact) mass is 288 g/mol. The van der Waals surface area contributed by atoms with Crippen LogP contribution in [0.4, 0.5) is 0 Å². The Balaban J connectivity index is 1.96. The second-order valence-electron chi connectivity index (χ2n) is 6.83. The lowest BCUT2D eigenvalue weighted by Gasteiger charge is -2.34. The smallest absolute Gasteiger partial charge is 0.356 e. The Morgan fingerprint density at radius 2 is 1.86 bits per heavy atom. The van der Waals surface area contributed by atoms with Crippen LogP contribution in [-0.4, -0.2) is 17.5 Å². The van der Waals surface area contributed by atoms with E-state index in [1.165, 1.54) is 0 Å². The van der Waals surface area contributed by atoms with Gasteiger partial charge in [0.1, 0.15) is 5.75 Å². The van der Waals surface area contributed by atoms with E-state index in [-0.39, 0.29) is 5.97 Å². The second kappa shape index (κ2) is 4.09. The maximum Gasteiger partial charge on any atom is 0.356 e. The first-order valence-electron chi connectivity index (χ1n) is 7.26. The normalized spacial score (nSPS) is 32.9. The van der Waals surface area contributed by atoms with E-state index in [1.54, 1.807) is 6.07 Å². The molecule has 1 aliphatic heterocycles. The molecule has 21 heavy (non-hydrogen) atoms. The van der Waals surface area contributed by atoms with Gasteiger partial charge in [-0.25, -0.2) is 4.79 Å². The summed E-state index contributed by atoms with van der Waals surface area (Å²) in [7, 11) is 0. The standard InChI is InChI=1S/C17H20O4/c1-11-7-5-6-8-12(11)20-14(19)17-10-9-16(4,13(18)21-17)15(17,2)3/h5-8H,9-10H2,1-4H3/t16-,17+/m0/s1. The molecule has 112 valence electrons. The molecule has 2 aliphatic rings. The highest BCUT2D eigenvalue weighted by atomic mass is 16.6. The van der Waals surface area contributed by atoms with E-state index in [9.17, 15) is 9.59 Å². The minimum Gasteiger partial charge on any atom is -0.446 e. The quantitative estimate of drug-likeness (QED) is 0.620. The van der Waals surface area contributed by atoms with Crippen molar-refractivity contribution in [2.24, 2.45) is 10.8 Å². The van der Waals surface area contributed by atoms with Crippen LogP contribution in [0.25, 0.3) is 0 Å². The first-order valence-corrected chi connectivity index (χ1v) is 7.26. The summed E-state index contributed by atoms with van der Waals surface area (Å²) in [5, 5.41) is 0. The average Bonchev–Trinajstić information content (AvgIpc) is 2.72. The number of hydrogen-bond acceptors (Lipinski definition) is 4. The Labute approximate surface area is 124 Å². The molecule has 1 aliphatic carbocycles. The molecule has 3 rings (SSSR count). The molecule has 2 bridgehead atoms. The number of aryl methyl sites for hydroxylation is 1. The van der Waals surface area contributed by atoms with Crippen LogP contribution in [0.15, 0.2) is 24.3 Å². The minimum absolute atomic E-state index is 0.291. The summed E-state index contributed by atoms with van der Waals surface area (Å²) in [6, 6.07) is 7.33. The summed E-state index contributed by atoms with van der Waals surface area (Å²) >= 11 is 0. The van der Waals surface area contributed by atoms with Gasteiger partial charge in [-0.1, -0.05) is 32.0 Å². The van der Waals surface area contributed by atoms with Crippen molar-refractivity contribution in [1.82, 2.24) is 0 Å². The molecule has 0 amide bonds. The summed E-state index contributed by atoms with van der Waals surface area (Å²) < 4.78 is 11.1. The van der Waals surface area contributed by atoms with Crippen molar-refractivity contribution in [2.75, 3.05) is 0 Å². The molecule has 1 aromatic rings. The number of benzene rings is 1. The molecule has 0 radical (unpaired) electrons. The zero-order chi connectivity index (χ0) is 15.5. The number of carbonyl (C=O) groups excluding carboxylic acids is 2. The van der Waals surface area contributed by atoms with Crippen molar-refractivity contribution >= 4 is 11.9 Å². The van der Waals surface area contributed by atoms with Gasteiger partial charge in [-0.05, 0) is 38.3 Å². The maximum absolute atomic E-state index is 12.8. The fraction of sp³-hybridized carbons (Fsp3) is 0.529. The largest absolute Gasteiger partial charge is 0.446 e. The van der Waals surface area contributed by atoms with E-state index in [2.05, 4.69) is 0 Å². The van der Waals surface area contributed by atoms with Crippen molar-refractivity contribution in [1.29, 1.82) is 0 Å². The van der Waals surface area contributed by atoms with Crippen LogP contribution in [0.1, 0.15) is 39.2 Å². The van der Waals surface area contributed by atoms with Gasteiger partial charge in [-0.3, -0.25) is 4.79 Å². The number of hydrogen-bond donors (Lipinski definition) is 0. The number of rotatable bonds is 2. The second-order valence-corrected chi connectivity index (χ2v) is 6.83. The van der Waals surface area contributed by atoms with Gasteiger partial charge < -0.3 is 9.47 Å². The molecule has 2 atom stereocenters. The van der Waals surface area contributed by atoms with E-state index < -0.39 is 22.4 Å². The average molecular weight is 288 g/mol. The first kappa shape index (κ1) is 14.1. The van der Waals surface area contributed by atoms with E-state index in [0.717, 1.165) is 5.56 Å². The lowest BCUT2D eigenvalue weighted by atomic mass is 9.66. The van der Waals surface area contributed by atoms with Gasteiger partial charge in [-0.15, -0.1) is 0 Å². The van der Waals surface area contributed by atoms with Crippen LogP contribution in [-0.2, 0) is 14.3 Å². The lowest BCUT2D eigenvalue weighted by molar-refractivity contribution is -0.176. The SMILES string of the molecule is Cc1ccccc1OC(=O)[C@@]12CC[C@@](C)(C(=O)O1)C2(C)C. The molecule has 1 saturated carbocycles. The summed E-state index contributed by atoms with van der Waals surface area (Å²) in [4.78, 5) is 24.9. The van der Waals surface area contributed by atoms with Crippen molar-refractivity contribution in [2.45, 2.75) is 46.1 Å². The Hall–Kier alpha value is -1.84. The van der Waals surface area contributed by atoms with Crippen molar-refractivity contribution < 1.29 is 19.1 Å². The molecule has 1 heterocycles. The molecule has 0 aromatic heterocycles. The molecule has 2 fully saturated rings. The zero-order valence-electron chi connectivity index (χ0n) is 12.9. The molecular formula is C17H20O4. The summed E-state index contributed by atoms with van der Waals surface area (Å²) in [6.45, 7) is 7.60. The molecule has 4 nitrogen and oxygen atoms in total. The van der Waals surface area contributed by atoms with Gasteiger partial charge in [0.05, 0.1) is 5.41 Å². The third-order valence-electron chi connectivity index (χ3n) is 5.71. The number of fused-ring (bicyclic) bond motifs is 2. The molecular weight excluding hydrogens is 268 g/mol. The van der Waals surface area contributed by atoms with Crippen LogP contribution in [0, 0.1) is 17.8 Å². The molecule has 0 unspecified atom stereocenters. The number of ether oxygens (including phenoxy) is 2. The van der Waals surface area contributed by atoms with Crippen molar-refractivity contribution in [3.8, 4) is 5.75 Å². The van der Waals surface area contributed by atoms with E-state index in [4.69, 9.17) is 9.47 Å². The van der Waals surface area contributed by atoms with E-state index >= 15 is 0 Å². The Bertz CT molecular complexity index is 633. The predicted molar refractivity (Wildman–Crippen MR) is 76.8 cm³/mol. The minimum atomic E-state index is -1.17. The van der Waals surface area contributed by atoms with Gasteiger partial charge in [0.15, 0.2) is 0 Å². The van der Waals surface area contributed by atoms with Gasteiger partial charge in [-0.2, -0.15) is 0 Å². The molecule has 1 aromatic carbocycles. The highest BCUT2D eigenvalue weighted by molar-refractivity contribution is 5.94. The van der Waals surface area contributed by atoms with Gasteiger partial charge in [0.2, 0.25) is 5.60 Å².